The Hall–Kier alpha value is -1.57. The van der Waals surface area contributed by atoms with E-state index in [9.17, 15) is 0 Å². The third-order valence-electron chi connectivity index (χ3n) is 3.59. The molecule has 0 bridgehead atoms. The molecule has 0 spiro atoms. The third-order valence-corrected chi connectivity index (χ3v) is 3.59. The monoisotopic (exact) mass is 258 g/mol. The number of benzene rings is 1. The van der Waals surface area contributed by atoms with Gasteiger partial charge in [0.2, 0.25) is 0 Å². The van der Waals surface area contributed by atoms with Crippen molar-refractivity contribution in [1.29, 1.82) is 5.26 Å². The van der Waals surface area contributed by atoms with Gasteiger partial charge in [-0.3, -0.25) is 0 Å². The van der Waals surface area contributed by atoms with Crippen molar-refractivity contribution in [2.75, 3.05) is 51.2 Å². The molecule has 19 heavy (non-hydrogen) atoms. The smallest absolute Gasteiger partial charge is 0.0992 e. The van der Waals surface area contributed by atoms with Gasteiger partial charge in [0.15, 0.2) is 0 Å². The van der Waals surface area contributed by atoms with E-state index in [2.05, 4.69) is 34.3 Å². The van der Waals surface area contributed by atoms with E-state index >= 15 is 0 Å². The van der Waals surface area contributed by atoms with Gasteiger partial charge in [-0.1, -0.05) is 6.07 Å². The maximum absolute atomic E-state index is 8.91. The summed E-state index contributed by atoms with van der Waals surface area (Å²) in [6.45, 7) is 6.73. The molecule has 0 saturated carbocycles. The van der Waals surface area contributed by atoms with Gasteiger partial charge in [-0.25, -0.2) is 0 Å². The molecule has 1 fully saturated rings. The van der Waals surface area contributed by atoms with Gasteiger partial charge in [-0.15, -0.1) is 0 Å². The van der Waals surface area contributed by atoms with E-state index in [0.717, 1.165) is 56.9 Å². The zero-order valence-electron chi connectivity index (χ0n) is 11.6. The maximum Gasteiger partial charge on any atom is 0.0992 e. The summed E-state index contributed by atoms with van der Waals surface area (Å²) in [4.78, 5) is 4.74. The first-order chi connectivity index (χ1) is 9.29. The summed E-state index contributed by atoms with van der Waals surface area (Å²) >= 11 is 0. The normalized spacial score (nSPS) is 16.0. The van der Waals surface area contributed by atoms with Crippen LogP contribution in [-0.4, -0.2) is 51.2 Å². The Labute approximate surface area is 115 Å². The molecular weight excluding hydrogens is 236 g/mol. The van der Waals surface area contributed by atoms with Crippen molar-refractivity contribution in [2.24, 2.45) is 0 Å². The van der Waals surface area contributed by atoms with Crippen LogP contribution in [0.15, 0.2) is 24.3 Å². The Morgan fingerprint density at radius 1 is 1.37 bits per heavy atom. The lowest BCUT2D eigenvalue weighted by molar-refractivity contribution is 0.239. The fraction of sp³-hybridized carbons (Fsp3) is 0.533. The summed E-state index contributed by atoms with van der Waals surface area (Å²) in [5.41, 5.74) is 1.85. The van der Waals surface area contributed by atoms with Crippen molar-refractivity contribution >= 4 is 5.69 Å². The molecule has 0 atom stereocenters. The summed E-state index contributed by atoms with van der Waals surface area (Å²) in [6.07, 6.45) is 1.16. The first-order valence-corrected chi connectivity index (χ1v) is 6.94. The molecule has 1 aliphatic rings. The van der Waals surface area contributed by atoms with Crippen LogP contribution in [0.2, 0.25) is 0 Å². The number of nitrogens with zero attached hydrogens (tertiary/aromatic N) is 3. The standard InChI is InChI=1S/C15H22N4/c1-18(15-5-2-4-14(12-15)13-16)8-3-9-19-10-6-17-7-11-19/h2,4-5,12,17H,3,6-11H2,1H3. The molecule has 102 valence electrons. The zero-order chi connectivity index (χ0) is 13.5. The van der Waals surface area contributed by atoms with Crippen LogP contribution in [0.1, 0.15) is 12.0 Å². The summed E-state index contributed by atoms with van der Waals surface area (Å²) in [6, 6.07) is 9.99. The Morgan fingerprint density at radius 3 is 2.89 bits per heavy atom. The molecule has 0 radical (unpaired) electrons. The van der Waals surface area contributed by atoms with Crippen LogP contribution in [0.3, 0.4) is 0 Å². The highest BCUT2D eigenvalue weighted by Gasteiger charge is 2.09. The van der Waals surface area contributed by atoms with Gasteiger partial charge in [0, 0.05) is 45.5 Å². The van der Waals surface area contributed by atoms with Crippen LogP contribution in [0.25, 0.3) is 0 Å². The van der Waals surface area contributed by atoms with Crippen molar-refractivity contribution in [3.8, 4) is 6.07 Å². The highest BCUT2D eigenvalue weighted by atomic mass is 15.2. The topological polar surface area (TPSA) is 42.3 Å². The minimum Gasteiger partial charge on any atom is -0.375 e. The van der Waals surface area contributed by atoms with Crippen molar-refractivity contribution in [2.45, 2.75) is 6.42 Å². The zero-order valence-corrected chi connectivity index (χ0v) is 11.6. The average molecular weight is 258 g/mol. The Kier molecular flexibility index (Phi) is 5.20. The molecule has 1 aromatic carbocycles. The Morgan fingerprint density at radius 2 is 2.16 bits per heavy atom. The predicted octanol–water partition coefficient (Wildman–Crippen LogP) is 1.29. The van der Waals surface area contributed by atoms with Crippen LogP contribution in [0.4, 0.5) is 5.69 Å². The van der Waals surface area contributed by atoms with Gasteiger partial charge in [-0.2, -0.15) is 5.26 Å². The number of piperazine rings is 1. The lowest BCUT2D eigenvalue weighted by atomic mass is 10.2. The van der Waals surface area contributed by atoms with E-state index in [1.165, 1.54) is 0 Å². The second kappa shape index (κ2) is 7.13. The third kappa shape index (κ3) is 4.23. The molecule has 4 heteroatoms. The van der Waals surface area contributed by atoms with Crippen LogP contribution in [0, 0.1) is 11.3 Å². The first-order valence-electron chi connectivity index (χ1n) is 6.94. The highest BCUT2D eigenvalue weighted by molar-refractivity contribution is 5.50. The molecule has 1 aromatic rings. The maximum atomic E-state index is 8.91. The SMILES string of the molecule is CN(CCCN1CCNCC1)c1cccc(C#N)c1. The lowest BCUT2D eigenvalue weighted by Gasteiger charge is -2.28. The van der Waals surface area contributed by atoms with E-state index in [0.29, 0.717) is 0 Å². The minimum atomic E-state index is 0.728. The summed E-state index contributed by atoms with van der Waals surface area (Å²) in [7, 11) is 2.09. The van der Waals surface area contributed by atoms with E-state index in [4.69, 9.17) is 5.26 Å². The van der Waals surface area contributed by atoms with Crippen LogP contribution in [-0.2, 0) is 0 Å². The molecule has 0 aliphatic carbocycles. The first kappa shape index (κ1) is 13.9. The predicted molar refractivity (Wildman–Crippen MR) is 78.4 cm³/mol. The second-order valence-electron chi connectivity index (χ2n) is 5.03. The van der Waals surface area contributed by atoms with Crippen molar-refractivity contribution in [3.63, 3.8) is 0 Å². The number of nitriles is 1. The van der Waals surface area contributed by atoms with Gasteiger partial charge in [-0.05, 0) is 31.2 Å². The average Bonchev–Trinajstić information content (AvgIpc) is 2.48. The quantitative estimate of drug-likeness (QED) is 0.864. The Bertz CT molecular complexity index is 432. The van der Waals surface area contributed by atoms with Gasteiger partial charge in [0.25, 0.3) is 0 Å². The molecule has 1 heterocycles. The number of rotatable bonds is 5. The lowest BCUT2D eigenvalue weighted by Crippen LogP contribution is -2.44. The van der Waals surface area contributed by atoms with E-state index in [1.807, 2.05) is 18.2 Å². The summed E-state index contributed by atoms with van der Waals surface area (Å²) in [5, 5.41) is 12.3. The second-order valence-corrected chi connectivity index (χ2v) is 5.03. The summed E-state index contributed by atoms with van der Waals surface area (Å²) < 4.78 is 0. The van der Waals surface area contributed by atoms with Gasteiger partial charge >= 0.3 is 0 Å². The van der Waals surface area contributed by atoms with Gasteiger partial charge in [0.05, 0.1) is 11.6 Å². The number of hydrogen-bond acceptors (Lipinski definition) is 4. The largest absolute Gasteiger partial charge is 0.375 e. The molecule has 0 unspecified atom stereocenters. The summed E-state index contributed by atoms with van der Waals surface area (Å²) in [5.74, 6) is 0. The molecule has 1 saturated heterocycles. The molecule has 4 nitrogen and oxygen atoms in total. The molecular formula is C15H22N4. The molecule has 1 N–H and O–H groups in total. The van der Waals surface area contributed by atoms with Crippen LogP contribution >= 0.6 is 0 Å². The van der Waals surface area contributed by atoms with Crippen molar-refractivity contribution in [3.05, 3.63) is 29.8 Å². The molecule has 0 amide bonds. The number of hydrogen-bond donors (Lipinski definition) is 1. The van der Waals surface area contributed by atoms with Crippen molar-refractivity contribution < 1.29 is 0 Å². The Balaban J connectivity index is 1.77. The fourth-order valence-corrected chi connectivity index (χ4v) is 2.41. The minimum absolute atomic E-state index is 0.728. The molecule has 0 aromatic heterocycles. The van der Waals surface area contributed by atoms with Crippen LogP contribution in [0.5, 0.6) is 0 Å². The highest BCUT2D eigenvalue weighted by Crippen LogP contribution is 2.14. The van der Waals surface area contributed by atoms with Crippen molar-refractivity contribution in [1.82, 2.24) is 10.2 Å². The van der Waals surface area contributed by atoms with E-state index in [1.54, 1.807) is 0 Å². The molecule has 1 aliphatic heterocycles. The number of anilines is 1. The fourth-order valence-electron chi connectivity index (χ4n) is 2.41. The molecule has 2 rings (SSSR count). The van der Waals surface area contributed by atoms with E-state index < -0.39 is 0 Å². The van der Waals surface area contributed by atoms with Crippen LogP contribution < -0.4 is 10.2 Å². The van der Waals surface area contributed by atoms with Gasteiger partial charge in [0.1, 0.15) is 0 Å². The van der Waals surface area contributed by atoms with Gasteiger partial charge < -0.3 is 15.1 Å². The number of nitrogens with one attached hydrogen (secondary N) is 1. The van der Waals surface area contributed by atoms with E-state index in [-0.39, 0.29) is 0 Å².